The maximum Gasteiger partial charge on any atom is 0.101 e. The van der Waals surface area contributed by atoms with Gasteiger partial charge in [-0.15, -0.1) is 0 Å². The molecule has 5 heteroatoms. The van der Waals surface area contributed by atoms with Crippen LogP contribution in [-0.4, -0.2) is 9.78 Å². The second-order valence-corrected chi connectivity index (χ2v) is 2.96. The standard InChI is InChI=1S/C8H11ClN4/c1-6-2-3-13(12-6)7(5-10)4-8(9)11/h2-5H,10-11H2,1H3/b7-5+,8-4-. The van der Waals surface area contributed by atoms with Crippen LogP contribution in [0.3, 0.4) is 0 Å². The highest BCUT2D eigenvalue weighted by atomic mass is 35.5. The van der Waals surface area contributed by atoms with Crippen LogP contribution in [0.2, 0.25) is 0 Å². The van der Waals surface area contributed by atoms with Crippen molar-refractivity contribution >= 4 is 17.3 Å². The summed E-state index contributed by atoms with van der Waals surface area (Å²) in [6.07, 6.45) is 4.71. The summed E-state index contributed by atoms with van der Waals surface area (Å²) in [5.74, 6) is 0. The van der Waals surface area contributed by atoms with Gasteiger partial charge in [-0.1, -0.05) is 11.6 Å². The molecule has 0 aliphatic rings. The number of hydrogen-bond donors (Lipinski definition) is 2. The molecule has 0 saturated heterocycles. The Labute approximate surface area is 81.5 Å². The predicted molar refractivity (Wildman–Crippen MR) is 53.5 cm³/mol. The summed E-state index contributed by atoms with van der Waals surface area (Å²) in [5.41, 5.74) is 12.2. The molecule has 0 unspecified atom stereocenters. The number of nitrogens with two attached hydrogens (primary N) is 2. The van der Waals surface area contributed by atoms with E-state index in [1.54, 1.807) is 10.9 Å². The quantitative estimate of drug-likeness (QED) is 0.550. The lowest BCUT2D eigenvalue weighted by Crippen LogP contribution is -2.00. The number of aryl methyl sites for hydroxylation is 1. The molecule has 0 amide bonds. The Hall–Kier alpha value is -1.42. The van der Waals surface area contributed by atoms with E-state index in [0.717, 1.165) is 5.69 Å². The molecule has 70 valence electrons. The van der Waals surface area contributed by atoms with Gasteiger partial charge in [0.15, 0.2) is 0 Å². The summed E-state index contributed by atoms with van der Waals surface area (Å²) in [6.45, 7) is 1.89. The minimum atomic E-state index is 0.171. The van der Waals surface area contributed by atoms with E-state index in [1.807, 2.05) is 13.0 Å². The first-order chi connectivity index (χ1) is 6.13. The van der Waals surface area contributed by atoms with Gasteiger partial charge in [0.25, 0.3) is 0 Å². The van der Waals surface area contributed by atoms with Crippen LogP contribution in [0, 0.1) is 6.92 Å². The van der Waals surface area contributed by atoms with Crippen molar-refractivity contribution in [1.82, 2.24) is 9.78 Å². The number of hydrogen-bond acceptors (Lipinski definition) is 3. The molecule has 0 aliphatic carbocycles. The van der Waals surface area contributed by atoms with Gasteiger partial charge >= 0.3 is 0 Å². The summed E-state index contributed by atoms with van der Waals surface area (Å²) in [4.78, 5) is 0. The highest BCUT2D eigenvalue weighted by molar-refractivity contribution is 6.29. The minimum absolute atomic E-state index is 0.171. The largest absolute Gasteiger partial charge is 0.403 e. The Morgan fingerprint density at radius 3 is 2.77 bits per heavy atom. The van der Waals surface area contributed by atoms with Crippen molar-refractivity contribution in [1.29, 1.82) is 0 Å². The number of allylic oxidation sites excluding steroid dienone is 2. The van der Waals surface area contributed by atoms with Gasteiger partial charge in [-0.25, -0.2) is 4.68 Å². The first-order valence-electron chi connectivity index (χ1n) is 3.70. The highest BCUT2D eigenvalue weighted by Crippen LogP contribution is 2.07. The zero-order chi connectivity index (χ0) is 9.84. The molecular formula is C8H11ClN4. The summed E-state index contributed by atoms with van der Waals surface area (Å²) < 4.78 is 1.60. The number of halogens is 1. The Kier molecular flexibility index (Phi) is 2.97. The molecule has 1 aromatic heterocycles. The van der Waals surface area contributed by atoms with Crippen LogP contribution in [0.1, 0.15) is 5.69 Å². The molecule has 0 spiro atoms. The van der Waals surface area contributed by atoms with Crippen LogP contribution in [0.25, 0.3) is 5.70 Å². The Bertz CT molecular complexity index is 347. The monoisotopic (exact) mass is 198 g/mol. The van der Waals surface area contributed by atoms with Crippen molar-refractivity contribution in [2.24, 2.45) is 11.5 Å². The minimum Gasteiger partial charge on any atom is -0.403 e. The SMILES string of the molecule is Cc1ccn(C(/C=C(\N)Cl)=C/N)n1. The van der Waals surface area contributed by atoms with E-state index in [4.69, 9.17) is 23.1 Å². The highest BCUT2D eigenvalue weighted by Gasteiger charge is 1.98. The van der Waals surface area contributed by atoms with Crippen LogP contribution in [-0.2, 0) is 0 Å². The number of rotatable bonds is 2. The molecule has 0 fully saturated rings. The summed E-state index contributed by atoms with van der Waals surface area (Å²) in [7, 11) is 0. The zero-order valence-corrected chi connectivity index (χ0v) is 7.99. The molecule has 0 aliphatic heterocycles. The van der Waals surface area contributed by atoms with Crippen molar-refractivity contribution in [2.45, 2.75) is 6.92 Å². The fourth-order valence-corrected chi connectivity index (χ4v) is 1.00. The summed E-state index contributed by atoms with van der Waals surface area (Å²) >= 11 is 5.51. The molecule has 1 rings (SSSR count). The maximum atomic E-state index is 5.51. The van der Waals surface area contributed by atoms with Crippen LogP contribution >= 0.6 is 11.6 Å². The Morgan fingerprint density at radius 1 is 1.69 bits per heavy atom. The van der Waals surface area contributed by atoms with Crippen molar-refractivity contribution in [3.05, 3.63) is 35.4 Å². The molecular weight excluding hydrogens is 188 g/mol. The second kappa shape index (κ2) is 4.00. The molecule has 4 N–H and O–H groups in total. The molecule has 0 aromatic carbocycles. The van der Waals surface area contributed by atoms with Gasteiger partial charge in [-0.3, -0.25) is 0 Å². The zero-order valence-electron chi connectivity index (χ0n) is 7.24. The molecule has 0 bridgehead atoms. The molecule has 0 radical (unpaired) electrons. The van der Waals surface area contributed by atoms with Crippen LogP contribution in [0.5, 0.6) is 0 Å². The van der Waals surface area contributed by atoms with E-state index in [9.17, 15) is 0 Å². The maximum absolute atomic E-state index is 5.51. The third-order valence-electron chi connectivity index (χ3n) is 1.44. The van der Waals surface area contributed by atoms with Gasteiger partial charge in [0.05, 0.1) is 11.4 Å². The first-order valence-corrected chi connectivity index (χ1v) is 4.08. The van der Waals surface area contributed by atoms with Crippen LogP contribution in [0.4, 0.5) is 0 Å². The number of aromatic nitrogens is 2. The normalized spacial score (nSPS) is 13.4. The molecule has 0 saturated carbocycles. The smallest absolute Gasteiger partial charge is 0.101 e. The summed E-state index contributed by atoms with van der Waals surface area (Å²) in [6, 6.07) is 1.86. The van der Waals surface area contributed by atoms with Crippen molar-refractivity contribution in [2.75, 3.05) is 0 Å². The van der Waals surface area contributed by atoms with E-state index in [1.165, 1.54) is 12.3 Å². The van der Waals surface area contributed by atoms with Gasteiger partial charge in [-0.05, 0) is 13.0 Å². The van der Waals surface area contributed by atoms with Gasteiger partial charge < -0.3 is 11.5 Å². The average molecular weight is 199 g/mol. The Morgan fingerprint density at radius 2 is 2.38 bits per heavy atom. The van der Waals surface area contributed by atoms with Crippen LogP contribution < -0.4 is 11.5 Å². The van der Waals surface area contributed by atoms with Crippen molar-refractivity contribution in [3.8, 4) is 0 Å². The molecule has 4 nitrogen and oxygen atoms in total. The fraction of sp³-hybridized carbons (Fsp3) is 0.125. The summed E-state index contributed by atoms with van der Waals surface area (Å²) in [5, 5.41) is 4.32. The fourth-order valence-electron chi connectivity index (χ4n) is 0.891. The van der Waals surface area contributed by atoms with E-state index in [2.05, 4.69) is 5.10 Å². The van der Waals surface area contributed by atoms with E-state index >= 15 is 0 Å². The Balaban J connectivity index is 2.99. The first kappa shape index (κ1) is 9.67. The van der Waals surface area contributed by atoms with Gasteiger partial charge in [0, 0.05) is 18.5 Å². The van der Waals surface area contributed by atoms with Crippen molar-refractivity contribution < 1.29 is 0 Å². The lowest BCUT2D eigenvalue weighted by Gasteiger charge is -2.00. The molecule has 1 aromatic rings. The van der Waals surface area contributed by atoms with E-state index < -0.39 is 0 Å². The van der Waals surface area contributed by atoms with E-state index in [-0.39, 0.29) is 5.16 Å². The van der Waals surface area contributed by atoms with Gasteiger partial charge in [0.1, 0.15) is 5.16 Å². The molecule has 1 heterocycles. The van der Waals surface area contributed by atoms with Gasteiger partial charge in [-0.2, -0.15) is 5.10 Å². The lowest BCUT2D eigenvalue weighted by atomic mass is 10.4. The third kappa shape index (κ3) is 2.52. The van der Waals surface area contributed by atoms with Crippen LogP contribution in [0.15, 0.2) is 29.7 Å². The number of nitrogens with zero attached hydrogens (tertiary/aromatic N) is 2. The molecule has 13 heavy (non-hydrogen) atoms. The predicted octanol–water partition coefficient (Wildman–Crippen LogP) is 0.988. The van der Waals surface area contributed by atoms with Crippen molar-refractivity contribution in [3.63, 3.8) is 0 Å². The average Bonchev–Trinajstić information content (AvgIpc) is 2.47. The van der Waals surface area contributed by atoms with Gasteiger partial charge in [0.2, 0.25) is 0 Å². The third-order valence-corrected chi connectivity index (χ3v) is 1.55. The van der Waals surface area contributed by atoms with E-state index in [0.29, 0.717) is 5.70 Å². The topological polar surface area (TPSA) is 69.9 Å². The second-order valence-electron chi connectivity index (χ2n) is 2.52. The molecule has 0 atom stereocenters. The lowest BCUT2D eigenvalue weighted by molar-refractivity contribution is 0.886.